The number of hydrogen-bond acceptors (Lipinski definition) is 5. The second-order valence-corrected chi connectivity index (χ2v) is 6.74. The van der Waals surface area contributed by atoms with Crippen LogP contribution in [0.4, 0.5) is 0 Å². The third kappa shape index (κ3) is 3.26. The van der Waals surface area contributed by atoms with Crippen molar-refractivity contribution in [1.29, 1.82) is 0 Å². The molecule has 2 bridgehead atoms. The van der Waals surface area contributed by atoms with Gasteiger partial charge in [-0.3, -0.25) is 4.90 Å². The maximum Gasteiger partial charge on any atom is 0.203 e. The fourth-order valence-corrected chi connectivity index (χ4v) is 4.11. The fraction of sp³-hybridized carbons (Fsp3) is 0.667. The summed E-state index contributed by atoms with van der Waals surface area (Å²) in [6.07, 6.45) is 2.65. The van der Waals surface area contributed by atoms with Crippen LogP contribution < -0.4 is 14.2 Å². The van der Waals surface area contributed by atoms with Gasteiger partial charge >= 0.3 is 0 Å². The first-order valence-electron chi connectivity index (χ1n) is 8.36. The van der Waals surface area contributed by atoms with Crippen LogP contribution in [0, 0.1) is 5.92 Å². The molecule has 128 valence electrons. The number of ether oxygens (including phenoxy) is 3. The van der Waals surface area contributed by atoms with E-state index in [1.165, 1.54) is 31.5 Å². The molecule has 3 aliphatic heterocycles. The summed E-state index contributed by atoms with van der Waals surface area (Å²) in [5, 5.41) is 0. The number of methoxy groups -OCH3 is 3. The molecule has 0 aromatic heterocycles. The number of nitrogens with zero attached hydrogens (tertiary/aromatic N) is 2. The number of rotatable bonds is 5. The lowest BCUT2D eigenvalue weighted by molar-refractivity contribution is 0.123. The van der Waals surface area contributed by atoms with Crippen molar-refractivity contribution in [2.75, 3.05) is 48.0 Å². The Balaban J connectivity index is 1.85. The van der Waals surface area contributed by atoms with Crippen LogP contribution in [0.5, 0.6) is 17.2 Å². The van der Waals surface area contributed by atoms with Gasteiger partial charge in [-0.05, 0) is 31.9 Å². The van der Waals surface area contributed by atoms with Crippen molar-refractivity contribution in [1.82, 2.24) is 9.80 Å². The van der Waals surface area contributed by atoms with Crippen molar-refractivity contribution < 1.29 is 14.2 Å². The maximum atomic E-state index is 5.64. The quantitative estimate of drug-likeness (QED) is 0.831. The van der Waals surface area contributed by atoms with Crippen molar-refractivity contribution in [2.45, 2.75) is 25.4 Å². The molecule has 0 saturated carbocycles. The van der Waals surface area contributed by atoms with Gasteiger partial charge in [0, 0.05) is 37.8 Å². The Labute approximate surface area is 139 Å². The Bertz CT molecular complexity index is 549. The largest absolute Gasteiger partial charge is 0.493 e. The molecule has 3 heterocycles. The monoisotopic (exact) mass is 320 g/mol. The third-order valence-corrected chi connectivity index (χ3v) is 5.17. The number of piperidine rings is 1. The van der Waals surface area contributed by atoms with E-state index < -0.39 is 0 Å². The summed E-state index contributed by atoms with van der Waals surface area (Å²) in [4.78, 5) is 5.09. The van der Waals surface area contributed by atoms with Crippen LogP contribution in [0.2, 0.25) is 0 Å². The van der Waals surface area contributed by atoms with Crippen LogP contribution in [0.25, 0.3) is 0 Å². The molecule has 0 radical (unpaired) electrons. The zero-order chi connectivity index (χ0) is 16.4. The first-order chi connectivity index (χ1) is 11.2. The molecule has 5 nitrogen and oxygen atoms in total. The van der Waals surface area contributed by atoms with Gasteiger partial charge in [0.25, 0.3) is 0 Å². The first kappa shape index (κ1) is 16.4. The fourth-order valence-electron chi connectivity index (χ4n) is 4.11. The van der Waals surface area contributed by atoms with E-state index >= 15 is 0 Å². The minimum atomic E-state index is 0.636. The van der Waals surface area contributed by atoms with Crippen molar-refractivity contribution in [2.24, 2.45) is 5.92 Å². The van der Waals surface area contributed by atoms with Gasteiger partial charge in [-0.25, -0.2) is 0 Å². The summed E-state index contributed by atoms with van der Waals surface area (Å²) in [6, 6.07) is 4.71. The molecule has 0 aliphatic carbocycles. The van der Waals surface area contributed by atoms with E-state index in [9.17, 15) is 0 Å². The van der Waals surface area contributed by atoms with Gasteiger partial charge in [-0.1, -0.05) is 6.07 Å². The Morgan fingerprint density at radius 2 is 1.74 bits per heavy atom. The summed E-state index contributed by atoms with van der Waals surface area (Å²) >= 11 is 0. The van der Waals surface area contributed by atoms with Crippen LogP contribution in [-0.4, -0.2) is 63.9 Å². The molecule has 0 unspecified atom stereocenters. The predicted molar refractivity (Wildman–Crippen MR) is 90.5 cm³/mol. The van der Waals surface area contributed by atoms with Gasteiger partial charge in [0.15, 0.2) is 11.5 Å². The molecule has 23 heavy (non-hydrogen) atoms. The second kappa shape index (κ2) is 6.97. The SMILES string of the molecule is COc1ccc(CN2C[C@H]3CC[C@@H]2CN(C)C3)c(OC)c1OC. The third-order valence-electron chi connectivity index (χ3n) is 5.17. The van der Waals surface area contributed by atoms with E-state index in [2.05, 4.69) is 22.9 Å². The molecule has 1 aromatic carbocycles. The molecule has 3 fully saturated rings. The Morgan fingerprint density at radius 3 is 2.43 bits per heavy atom. The highest BCUT2D eigenvalue weighted by molar-refractivity contribution is 5.55. The smallest absolute Gasteiger partial charge is 0.203 e. The molecule has 0 spiro atoms. The summed E-state index contributed by atoms with van der Waals surface area (Å²) in [5.41, 5.74) is 1.17. The van der Waals surface area contributed by atoms with E-state index in [1.807, 2.05) is 6.07 Å². The van der Waals surface area contributed by atoms with E-state index in [1.54, 1.807) is 21.3 Å². The van der Waals surface area contributed by atoms with Gasteiger partial charge in [-0.2, -0.15) is 0 Å². The summed E-state index contributed by atoms with van der Waals surface area (Å²) in [6.45, 7) is 4.45. The minimum absolute atomic E-state index is 0.636. The lowest BCUT2D eigenvalue weighted by Gasteiger charge is -2.36. The standard InChI is InChI=1S/C18H28N2O3/c1-19-9-13-5-7-15(12-19)20(10-13)11-14-6-8-16(21-2)18(23-4)17(14)22-3/h6,8,13,15H,5,7,9-12H2,1-4H3/t13-,15+/m0/s1. The van der Waals surface area contributed by atoms with Crippen molar-refractivity contribution in [3.63, 3.8) is 0 Å². The van der Waals surface area contributed by atoms with Crippen molar-refractivity contribution >= 4 is 0 Å². The molecule has 0 amide bonds. The van der Waals surface area contributed by atoms with Crippen LogP contribution in [0.1, 0.15) is 18.4 Å². The lowest BCUT2D eigenvalue weighted by atomic mass is 9.94. The highest BCUT2D eigenvalue weighted by Crippen LogP contribution is 2.41. The van der Waals surface area contributed by atoms with Gasteiger partial charge in [-0.15, -0.1) is 0 Å². The van der Waals surface area contributed by atoms with Gasteiger partial charge < -0.3 is 19.1 Å². The van der Waals surface area contributed by atoms with Crippen molar-refractivity contribution in [3.8, 4) is 17.2 Å². The molecule has 0 N–H and O–H groups in total. The molecule has 2 atom stereocenters. The predicted octanol–water partition coefficient (Wildman–Crippen LogP) is 2.24. The van der Waals surface area contributed by atoms with E-state index in [-0.39, 0.29) is 0 Å². The maximum absolute atomic E-state index is 5.64. The van der Waals surface area contributed by atoms with Crippen LogP contribution in [0.15, 0.2) is 12.1 Å². The van der Waals surface area contributed by atoms with Crippen LogP contribution in [-0.2, 0) is 6.54 Å². The normalized spacial score (nSPS) is 25.2. The topological polar surface area (TPSA) is 34.2 Å². The second-order valence-electron chi connectivity index (χ2n) is 6.74. The number of hydrogen-bond donors (Lipinski definition) is 0. The number of fused-ring (bicyclic) bond motifs is 4. The minimum Gasteiger partial charge on any atom is -0.493 e. The zero-order valence-corrected chi connectivity index (χ0v) is 14.7. The van der Waals surface area contributed by atoms with Crippen molar-refractivity contribution in [3.05, 3.63) is 17.7 Å². The summed E-state index contributed by atoms with van der Waals surface area (Å²) < 4.78 is 16.5. The Hall–Kier alpha value is -1.46. The molecule has 3 aliphatic rings. The molecule has 1 aromatic rings. The number of likely N-dealkylation sites (N-methyl/N-ethyl adjacent to an activating group) is 1. The molecular formula is C18H28N2O3. The highest BCUT2D eigenvalue weighted by Gasteiger charge is 2.34. The van der Waals surface area contributed by atoms with Crippen LogP contribution in [0.3, 0.4) is 0 Å². The average Bonchev–Trinajstić information content (AvgIpc) is 2.83. The van der Waals surface area contributed by atoms with E-state index in [4.69, 9.17) is 14.2 Å². The summed E-state index contributed by atoms with van der Waals surface area (Å²) in [5.74, 6) is 2.97. The van der Waals surface area contributed by atoms with Gasteiger partial charge in [0.05, 0.1) is 21.3 Å². The van der Waals surface area contributed by atoms with Crippen LogP contribution >= 0.6 is 0 Å². The Morgan fingerprint density at radius 1 is 0.957 bits per heavy atom. The highest BCUT2D eigenvalue weighted by atomic mass is 16.5. The summed E-state index contributed by atoms with van der Waals surface area (Å²) in [7, 11) is 7.25. The number of benzene rings is 1. The molecule has 4 rings (SSSR count). The van der Waals surface area contributed by atoms with E-state index in [0.29, 0.717) is 17.5 Å². The average molecular weight is 320 g/mol. The lowest BCUT2D eigenvalue weighted by Crippen LogP contribution is -2.43. The molecular weight excluding hydrogens is 292 g/mol. The zero-order valence-electron chi connectivity index (χ0n) is 14.7. The molecule has 5 heteroatoms. The Kier molecular flexibility index (Phi) is 4.97. The van der Waals surface area contributed by atoms with Gasteiger partial charge in [0.2, 0.25) is 5.75 Å². The molecule has 3 saturated heterocycles. The van der Waals surface area contributed by atoms with Gasteiger partial charge in [0.1, 0.15) is 0 Å². The first-order valence-corrected chi connectivity index (χ1v) is 8.36. The van der Waals surface area contributed by atoms with E-state index in [0.717, 1.165) is 24.8 Å².